The fourth-order valence-electron chi connectivity index (χ4n) is 2.60. The van der Waals surface area contributed by atoms with Crippen molar-refractivity contribution in [2.45, 2.75) is 23.6 Å². The Kier molecular flexibility index (Phi) is 4.82. The van der Waals surface area contributed by atoms with E-state index in [1.54, 1.807) is 32.2 Å². The normalized spacial score (nSPS) is 15.9. The molecule has 2 heterocycles. The molecule has 6 nitrogen and oxygen atoms in total. The second kappa shape index (κ2) is 6.86. The zero-order chi connectivity index (χ0) is 17.3. The molecule has 1 aromatic heterocycles. The van der Waals surface area contributed by atoms with Crippen LogP contribution in [0.3, 0.4) is 0 Å². The van der Waals surface area contributed by atoms with Crippen LogP contribution in [0.15, 0.2) is 23.2 Å². The third-order valence-corrected chi connectivity index (χ3v) is 5.13. The van der Waals surface area contributed by atoms with Gasteiger partial charge in [0, 0.05) is 12.0 Å². The molecular formula is C16H16ClN3O3S. The lowest BCUT2D eigenvalue weighted by Crippen LogP contribution is -2.19. The number of thioether (sulfide) groups is 1. The van der Waals surface area contributed by atoms with Gasteiger partial charge < -0.3 is 15.2 Å². The van der Waals surface area contributed by atoms with Gasteiger partial charge in [0.2, 0.25) is 5.95 Å². The minimum Gasteiger partial charge on any atom is -0.496 e. The molecule has 8 heteroatoms. The summed E-state index contributed by atoms with van der Waals surface area (Å²) in [6, 6.07) is 5.36. The van der Waals surface area contributed by atoms with Gasteiger partial charge in [0.25, 0.3) is 0 Å². The molecule has 1 aliphatic heterocycles. The van der Waals surface area contributed by atoms with Crippen molar-refractivity contribution < 1.29 is 14.3 Å². The second-order valence-corrected chi connectivity index (χ2v) is 6.69. The molecule has 1 unspecified atom stereocenters. The van der Waals surface area contributed by atoms with Crippen molar-refractivity contribution in [3.63, 3.8) is 0 Å². The highest BCUT2D eigenvalue weighted by Gasteiger charge is 2.34. The minimum absolute atomic E-state index is 0.128. The number of fused-ring (bicyclic) bond motifs is 1. The van der Waals surface area contributed by atoms with E-state index in [0.29, 0.717) is 40.1 Å². The number of rotatable bonds is 4. The third-order valence-electron chi connectivity index (χ3n) is 3.61. The maximum atomic E-state index is 12.1. The molecule has 0 amide bonds. The molecular weight excluding hydrogens is 350 g/mol. The van der Waals surface area contributed by atoms with Gasteiger partial charge in [-0.25, -0.2) is 9.97 Å². The van der Waals surface area contributed by atoms with Gasteiger partial charge in [-0.2, -0.15) is 0 Å². The van der Waals surface area contributed by atoms with Crippen LogP contribution in [0, 0.1) is 0 Å². The van der Waals surface area contributed by atoms with Gasteiger partial charge in [-0.15, -0.1) is 0 Å². The number of methoxy groups -OCH3 is 1. The Morgan fingerprint density at radius 1 is 1.46 bits per heavy atom. The molecule has 126 valence electrons. The second-order valence-electron chi connectivity index (χ2n) is 5.09. The van der Waals surface area contributed by atoms with E-state index in [0.717, 1.165) is 5.56 Å². The van der Waals surface area contributed by atoms with E-state index < -0.39 is 0 Å². The van der Waals surface area contributed by atoms with Crippen molar-refractivity contribution in [2.75, 3.05) is 19.5 Å². The van der Waals surface area contributed by atoms with E-state index >= 15 is 0 Å². The molecule has 2 aromatic rings. The van der Waals surface area contributed by atoms with E-state index in [1.165, 1.54) is 11.8 Å². The highest BCUT2D eigenvalue weighted by Crippen LogP contribution is 2.45. The van der Waals surface area contributed by atoms with Crippen LogP contribution in [0.4, 0.5) is 5.95 Å². The Hall–Kier alpha value is -1.99. The van der Waals surface area contributed by atoms with E-state index in [2.05, 4.69) is 9.97 Å². The van der Waals surface area contributed by atoms with Crippen molar-refractivity contribution >= 4 is 35.3 Å². The van der Waals surface area contributed by atoms with Crippen LogP contribution in [0.2, 0.25) is 5.02 Å². The first kappa shape index (κ1) is 16.9. The summed E-state index contributed by atoms with van der Waals surface area (Å²) in [5, 5.41) is 0.819. The van der Waals surface area contributed by atoms with E-state index in [-0.39, 0.29) is 17.2 Å². The zero-order valence-electron chi connectivity index (χ0n) is 13.2. The van der Waals surface area contributed by atoms with Gasteiger partial charge >= 0.3 is 5.97 Å². The van der Waals surface area contributed by atoms with Gasteiger partial charge in [-0.1, -0.05) is 29.4 Å². The summed E-state index contributed by atoms with van der Waals surface area (Å²) in [7, 11) is 1.57. The first-order valence-electron chi connectivity index (χ1n) is 7.37. The quantitative estimate of drug-likeness (QED) is 0.658. The standard InChI is InChI=1S/C16H16ClN3O3S/c1-3-23-15(21)11-7-8-13(19-16(18)20-14(8)24-11)12-9(17)5-4-6-10(12)22-2/h4-6,11H,3,7H2,1-2H3,(H2,18,19,20). The highest BCUT2D eigenvalue weighted by molar-refractivity contribution is 8.00. The largest absolute Gasteiger partial charge is 0.496 e. The van der Waals surface area contributed by atoms with Crippen molar-refractivity contribution in [2.24, 2.45) is 0 Å². The molecule has 0 saturated heterocycles. The molecule has 1 aliphatic rings. The molecule has 0 radical (unpaired) electrons. The highest BCUT2D eigenvalue weighted by atomic mass is 35.5. The average Bonchev–Trinajstić information content (AvgIpc) is 2.98. The number of hydrogen-bond acceptors (Lipinski definition) is 7. The van der Waals surface area contributed by atoms with E-state index in [9.17, 15) is 4.79 Å². The maximum absolute atomic E-state index is 12.1. The number of halogens is 1. The van der Waals surface area contributed by atoms with Gasteiger partial charge in [0.15, 0.2) is 0 Å². The number of hydrogen-bond donors (Lipinski definition) is 1. The molecule has 0 fully saturated rings. The van der Waals surface area contributed by atoms with E-state index in [4.69, 9.17) is 26.8 Å². The number of nitrogens with zero attached hydrogens (tertiary/aromatic N) is 2. The fourth-order valence-corrected chi connectivity index (χ4v) is 4.01. The van der Waals surface area contributed by atoms with Crippen LogP contribution < -0.4 is 10.5 Å². The predicted octanol–water partition coefficient (Wildman–Crippen LogP) is 2.97. The molecule has 24 heavy (non-hydrogen) atoms. The number of carbonyl (C=O) groups excluding carboxylic acids is 1. The predicted molar refractivity (Wildman–Crippen MR) is 93.4 cm³/mol. The van der Waals surface area contributed by atoms with Crippen LogP contribution in [-0.4, -0.2) is 34.9 Å². The average molecular weight is 366 g/mol. The summed E-state index contributed by atoms with van der Waals surface area (Å²) in [5.74, 6) is 0.450. The van der Waals surface area contributed by atoms with Crippen molar-refractivity contribution in [3.05, 3.63) is 28.8 Å². The first-order valence-corrected chi connectivity index (χ1v) is 8.63. The molecule has 0 aliphatic carbocycles. The zero-order valence-corrected chi connectivity index (χ0v) is 14.8. The molecule has 0 spiro atoms. The summed E-state index contributed by atoms with van der Waals surface area (Å²) in [6.07, 6.45) is 0.461. The number of nitrogens with two attached hydrogens (primary N) is 1. The minimum atomic E-state index is -0.358. The number of aromatic nitrogens is 2. The Balaban J connectivity index is 2.09. The molecule has 1 aromatic carbocycles. The fraction of sp³-hybridized carbons (Fsp3) is 0.312. The van der Waals surface area contributed by atoms with Crippen LogP contribution in [-0.2, 0) is 16.0 Å². The summed E-state index contributed by atoms with van der Waals surface area (Å²) in [4.78, 5) is 20.7. The van der Waals surface area contributed by atoms with Crippen LogP contribution in [0.25, 0.3) is 11.3 Å². The number of benzene rings is 1. The Bertz CT molecular complexity index is 800. The molecule has 3 rings (SSSR count). The topological polar surface area (TPSA) is 87.3 Å². The lowest BCUT2D eigenvalue weighted by Gasteiger charge is -2.13. The number of esters is 1. The van der Waals surface area contributed by atoms with Crippen molar-refractivity contribution in [3.8, 4) is 17.0 Å². The van der Waals surface area contributed by atoms with Gasteiger partial charge in [-0.05, 0) is 19.1 Å². The number of ether oxygens (including phenoxy) is 2. The van der Waals surface area contributed by atoms with Crippen LogP contribution in [0.5, 0.6) is 5.75 Å². The van der Waals surface area contributed by atoms with Gasteiger partial charge in [-0.3, -0.25) is 4.79 Å². The molecule has 0 saturated carbocycles. The summed E-state index contributed by atoms with van der Waals surface area (Å²) in [5.41, 5.74) is 7.93. The number of nitrogen functional groups attached to an aromatic ring is 1. The summed E-state index contributed by atoms with van der Waals surface area (Å²) in [6.45, 7) is 2.12. The molecule has 1 atom stereocenters. The third kappa shape index (κ3) is 3.01. The van der Waals surface area contributed by atoms with Gasteiger partial charge in [0.1, 0.15) is 16.0 Å². The number of anilines is 1. The molecule has 0 bridgehead atoms. The van der Waals surface area contributed by atoms with Gasteiger partial charge in [0.05, 0.1) is 30.0 Å². The number of carbonyl (C=O) groups is 1. The van der Waals surface area contributed by atoms with Crippen LogP contribution >= 0.6 is 23.4 Å². The Labute approximate surface area is 148 Å². The molecule has 2 N–H and O–H groups in total. The van der Waals surface area contributed by atoms with Crippen LogP contribution in [0.1, 0.15) is 12.5 Å². The summed E-state index contributed by atoms with van der Waals surface area (Å²) < 4.78 is 10.5. The smallest absolute Gasteiger partial charge is 0.319 e. The Morgan fingerprint density at radius 2 is 2.25 bits per heavy atom. The van der Waals surface area contributed by atoms with Crippen molar-refractivity contribution in [1.82, 2.24) is 9.97 Å². The summed E-state index contributed by atoms with van der Waals surface area (Å²) >= 11 is 7.70. The lowest BCUT2D eigenvalue weighted by molar-refractivity contribution is -0.142. The van der Waals surface area contributed by atoms with Crippen molar-refractivity contribution in [1.29, 1.82) is 0 Å². The van der Waals surface area contributed by atoms with E-state index in [1.807, 2.05) is 0 Å². The lowest BCUT2D eigenvalue weighted by atomic mass is 10.0. The maximum Gasteiger partial charge on any atom is 0.319 e. The monoisotopic (exact) mass is 365 g/mol. The Morgan fingerprint density at radius 3 is 2.96 bits per heavy atom. The SMILES string of the molecule is CCOC(=O)C1Cc2c(nc(N)nc2-c2c(Cl)cccc2OC)S1. The first-order chi connectivity index (χ1) is 11.5.